The Bertz CT molecular complexity index is 1180. The third-order valence-electron chi connectivity index (χ3n) is 5.75. The van der Waals surface area contributed by atoms with Crippen LogP contribution in [0.1, 0.15) is 10.4 Å². The number of likely N-dealkylation sites (N-methyl/N-ethyl adjacent to an activating group) is 1. The molecule has 0 unspecified atom stereocenters. The summed E-state index contributed by atoms with van der Waals surface area (Å²) in [4.78, 5) is 27.5. The minimum atomic E-state index is -0.481. The molecular formula is C23H22ClFN6O2. The van der Waals surface area contributed by atoms with E-state index in [2.05, 4.69) is 44.3 Å². The monoisotopic (exact) mass is 468 g/mol. The molecule has 0 aliphatic carbocycles. The quantitative estimate of drug-likeness (QED) is 0.625. The molecule has 0 bridgehead atoms. The molecule has 0 spiro atoms. The van der Waals surface area contributed by atoms with Crippen molar-refractivity contribution in [2.45, 2.75) is 0 Å². The highest BCUT2D eigenvalue weighted by molar-refractivity contribution is 6.34. The topological polar surface area (TPSA) is 73.8 Å². The van der Waals surface area contributed by atoms with Crippen LogP contribution in [0.2, 0.25) is 5.02 Å². The molecule has 8 nitrogen and oxygen atoms in total. The number of carbonyl (C=O) groups is 1. The van der Waals surface area contributed by atoms with Crippen LogP contribution in [0, 0.1) is 5.82 Å². The van der Waals surface area contributed by atoms with Gasteiger partial charge in [0.05, 0.1) is 10.7 Å². The Morgan fingerprint density at radius 3 is 2.58 bits per heavy atom. The summed E-state index contributed by atoms with van der Waals surface area (Å²) < 4.78 is 19.0. The minimum Gasteiger partial charge on any atom is -0.455 e. The summed E-state index contributed by atoms with van der Waals surface area (Å²) in [7, 11) is 2.13. The average molecular weight is 469 g/mol. The zero-order valence-corrected chi connectivity index (χ0v) is 18.7. The van der Waals surface area contributed by atoms with Crippen LogP contribution in [0.3, 0.4) is 0 Å². The molecule has 2 aromatic carbocycles. The van der Waals surface area contributed by atoms with Crippen molar-refractivity contribution in [3.63, 3.8) is 0 Å². The number of nitrogens with one attached hydrogen (secondary N) is 1. The maximum atomic E-state index is 13.4. The van der Waals surface area contributed by atoms with Gasteiger partial charge in [-0.15, -0.1) is 0 Å². The molecule has 2 aliphatic rings. The molecule has 2 aliphatic heterocycles. The van der Waals surface area contributed by atoms with Crippen LogP contribution in [0.5, 0.6) is 5.88 Å². The van der Waals surface area contributed by atoms with Crippen LogP contribution in [0.15, 0.2) is 48.7 Å². The highest BCUT2D eigenvalue weighted by Gasteiger charge is 2.30. The van der Waals surface area contributed by atoms with Crippen molar-refractivity contribution in [3.05, 3.63) is 65.1 Å². The summed E-state index contributed by atoms with van der Waals surface area (Å²) in [6, 6.07) is 11.9. The molecule has 1 saturated heterocycles. The van der Waals surface area contributed by atoms with E-state index in [1.807, 2.05) is 12.1 Å². The number of piperazine rings is 1. The molecule has 0 atom stereocenters. The number of nitrogens with zero attached hydrogens (tertiary/aromatic N) is 5. The Hall–Kier alpha value is -3.43. The predicted octanol–water partition coefficient (Wildman–Crippen LogP) is 3.76. The standard InChI is InChI=1S/C23H22ClFN6O2/c1-29-8-10-30(11-9-29)17-5-3-16(4-6-17)27-23-26-13-18-21(28-23)33-14-31(22(18)32)20-7-2-15(25)12-19(20)24/h2-7,12-13H,8-11,14H2,1H3,(H,26,27,28). The summed E-state index contributed by atoms with van der Waals surface area (Å²) >= 11 is 6.10. The van der Waals surface area contributed by atoms with Crippen LogP contribution in [-0.2, 0) is 0 Å². The van der Waals surface area contributed by atoms with Crippen molar-refractivity contribution in [3.8, 4) is 5.88 Å². The maximum Gasteiger partial charge on any atom is 0.268 e. The van der Waals surface area contributed by atoms with Gasteiger partial charge in [-0.1, -0.05) is 11.6 Å². The van der Waals surface area contributed by atoms with Gasteiger partial charge in [0.15, 0.2) is 6.73 Å². The van der Waals surface area contributed by atoms with Gasteiger partial charge < -0.3 is 19.9 Å². The molecule has 1 fully saturated rings. The second kappa shape index (κ2) is 8.84. The van der Waals surface area contributed by atoms with Crippen LogP contribution in [-0.4, -0.2) is 60.7 Å². The normalized spacial score (nSPS) is 16.4. The van der Waals surface area contributed by atoms with Crippen LogP contribution < -0.4 is 19.9 Å². The number of ether oxygens (including phenoxy) is 1. The molecule has 3 aromatic rings. The number of aromatic nitrogens is 2. The zero-order chi connectivity index (χ0) is 22.9. The molecule has 5 rings (SSSR count). The number of hydrogen-bond acceptors (Lipinski definition) is 7. The van der Waals surface area contributed by atoms with Gasteiger partial charge in [-0.05, 0) is 49.5 Å². The number of hydrogen-bond donors (Lipinski definition) is 1. The first-order chi connectivity index (χ1) is 16.0. The number of rotatable bonds is 4. The smallest absolute Gasteiger partial charge is 0.268 e. The average Bonchev–Trinajstić information content (AvgIpc) is 2.81. The lowest BCUT2D eigenvalue weighted by atomic mass is 10.2. The van der Waals surface area contributed by atoms with Gasteiger partial charge >= 0.3 is 0 Å². The number of amides is 1. The summed E-state index contributed by atoms with van der Waals surface area (Å²) in [6.45, 7) is 4.01. The van der Waals surface area contributed by atoms with Crippen LogP contribution >= 0.6 is 11.6 Å². The largest absolute Gasteiger partial charge is 0.455 e. The molecule has 10 heteroatoms. The van der Waals surface area contributed by atoms with Crippen molar-refractivity contribution in [1.29, 1.82) is 0 Å². The number of anilines is 4. The van der Waals surface area contributed by atoms with Crippen molar-refractivity contribution >= 4 is 40.5 Å². The first-order valence-corrected chi connectivity index (χ1v) is 10.9. The van der Waals surface area contributed by atoms with Gasteiger partial charge in [-0.3, -0.25) is 9.69 Å². The Balaban J connectivity index is 1.29. The van der Waals surface area contributed by atoms with Gasteiger partial charge in [0.25, 0.3) is 5.91 Å². The van der Waals surface area contributed by atoms with E-state index in [0.29, 0.717) is 11.6 Å². The summed E-state index contributed by atoms with van der Waals surface area (Å²) in [5.41, 5.74) is 2.57. The van der Waals surface area contributed by atoms with Crippen molar-refractivity contribution < 1.29 is 13.9 Å². The van der Waals surface area contributed by atoms with Gasteiger partial charge in [0, 0.05) is 43.8 Å². The van der Waals surface area contributed by atoms with E-state index in [4.69, 9.17) is 16.3 Å². The van der Waals surface area contributed by atoms with E-state index in [1.165, 1.54) is 28.9 Å². The third-order valence-corrected chi connectivity index (χ3v) is 6.05. The van der Waals surface area contributed by atoms with E-state index in [-0.39, 0.29) is 29.1 Å². The zero-order valence-electron chi connectivity index (χ0n) is 18.0. The predicted molar refractivity (Wildman–Crippen MR) is 125 cm³/mol. The molecule has 0 radical (unpaired) electrons. The Morgan fingerprint density at radius 2 is 1.85 bits per heavy atom. The molecule has 1 N–H and O–H groups in total. The first-order valence-electron chi connectivity index (χ1n) is 10.6. The van der Waals surface area contributed by atoms with Crippen molar-refractivity contribution in [1.82, 2.24) is 14.9 Å². The fourth-order valence-corrected chi connectivity index (χ4v) is 4.11. The maximum absolute atomic E-state index is 13.4. The van der Waals surface area contributed by atoms with E-state index >= 15 is 0 Å². The Labute approximate surface area is 195 Å². The van der Waals surface area contributed by atoms with E-state index in [0.717, 1.165) is 37.9 Å². The van der Waals surface area contributed by atoms with Crippen LogP contribution in [0.4, 0.5) is 27.4 Å². The molecular weight excluding hydrogens is 447 g/mol. The summed E-state index contributed by atoms with van der Waals surface area (Å²) in [6.07, 6.45) is 1.41. The Kier molecular flexibility index (Phi) is 5.74. The lowest BCUT2D eigenvalue weighted by Gasteiger charge is -2.34. The van der Waals surface area contributed by atoms with Crippen molar-refractivity contribution in [2.75, 3.05) is 55.1 Å². The van der Waals surface area contributed by atoms with Gasteiger partial charge in [-0.25, -0.2) is 9.37 Å². The third kappa shape index (κ3) is 4.42. The highest BCUT2D eigenvalue weighted by Crippen LogP contribution is 2.32. The SMILES string of the molecule is CN1CCN(c2ccc(Nc3ncc4c(n3)OCN(c3ccc(F)cc3Cl)C4=O)cc2)CC1. The summed E-state index contributed by atoms with van der Waals surface area (Å²) in [5, 5.41) is 3.27. The van der Waals surface area contributed by atoms with Gasteiger partial charge in [0.1, 0.15) is 11.4 Å². The number of halogens is 2. The molecule has 1 amide bonds. The van der Waals surface area contributed by atoms with E-state index < -0.39 is 5.82 Å². The second-order valence-corrected chi connectivity index (χ2v) is 8.38. The highest BCUT2D eigenvalue weighted by atomic mass is 35.5. The number of carbonyl (C=O) groups excluding carboxylic acids is 1. The molecule has 170 valence electrons. The summed E-state index contributed by atoms with van der Waals surface area (Å²) in [5.74, 6) is -0.346. The Morgan fingerprint density at radius 1 is 1.09 bits per heavy atom. The van der Waals surface area contributed by atoms with Gasteiger partial charge in [0.2, 0.25) is 11.8 Å². The lowest BCUT2D eigenvalue weighted by Crippen LogP contribution is -2.44. The number of benzene rings is 2. The van der Waals surface area contributed by atoms with E-state index in [1.54, 1.807) is 0 Å². The van der Waals surface area contributed by atoms with E-state index in [9.17, 15) is 9.18 Å². The van der Waals surface area contributed by atoms with Crippen molar-refractivity contribution in [2.24, 2.45) is 0 Å². The van der Waals surface area contributed by atoms with Gasteiger partial charge in [-0.2, -0.15) is 4.98 Å². The first kappa shape index (κ1) is 21.4. The number of fused-ring (bicyclic) bond motifs is 1. The van der Waals surface area contributed by atoms with Crippen LogP contribution in [0.25, 0.3) is 0 Å². The second-order valence-electron chi connectivity index (χ2n) is 7.98. The molecule has 1 aromatic heterocycles. The lowest BCUT2D eigenvalue weighted by molar-refractivity contribution is 0.0932. The molecule has 3 heterocycles. The molecule has 0 saturated carbocycles. The molecule has 33 heavy (non-hydrogen) atoms. The minimum absolute atomic E-state index is 0.0899. The fourth-order valence-electron chi connectivity index (χ4n) is 3.84. The fraction of sp³-hybridized carbons (Fsp3) is 0.261.